The molecule has 0 spiro atoms. The van der Waals surface area contributed by atoms with E-state index in [1.54, 1.807) is 16.6 Å². The summed E-state index contributed by atoms with van der Waals surface area (Å²) in [6.45, 7) is 13.7. The molecule has 6 aromatic rings. The lowest BCUT2D eigenvalue weighted by molar-refractivity contribution is 0.0277. The first-order valence-electron chi connectivity index (χ1n) is 19.8. The maximum atomic E-state index is 15.1. The molecule has 0 radical (unpaired) electrons. The van der Waals surface area contributed by atoms with Crippen molar-refractivity contribution in [2.75, 3.05) is 40.8 Å². The number of fused-ring (bicyclic) bond motifs is 2. The van der Waals surface area contributed by atoms with Gasteiger partial charge in [0.1, 0.15) is 24.7 Å². The largest absolute Gasteiger partial charge is 0.519 e. The van der Waals surface area contributed by atoms with E-state index in [2.05, 4.69) is 9.80 Å². The molecule has 0 saturated heterocycles. The standard InChI is InChI=1S/C42H56N4O12P2/c1-29-37(55-39(47)53-29)27-51-59(49,52-28-38-30(2)54-40(48)56-38)45-25-32(34-16-11-13-17-35(34)45)20-23-44(10)24-21-42(6,7)58-60(50,57-41(3,4)5)46-26-31(19-22-43(8)9)33-15-12-14-18-36(33)46/h11-18,25-26H,19-24,27-28H2,1-10H3. The normalized spacial score (nSPS) is 14.0. The van der Waals surface area contributed by atoms with Crippen molar-refractivity contribution in [3.05, 3.63) is 116 Å². The minimum Gasteiger partial charge on any atom is -0.396 e. The summed E-state index contributed by atoms with van der Waals surface area (Å²) >= 11 is 0. The summed E-state index contributed by atoms with van der Waals surface area (Å²) in [6, 6.07) is 15.3. The SMILES string of the molecule is Cc1oc(=O)oc1COP(=O)(OCc1oc(=O)oc1C)n1cc(CCN(C)CCC(C)(C)OP(=O)(OC(C)(C)C)n2cc(CCN(C)C)c3ccccc32)c2ccccc21. The fraction of sp³-hybridized carbons (Fsp3) is 0.476. The summed E-state index contributed by atoms with van der Waals surface area (Å²) in [5.41, 5.74) is 1.67. The zero-order valence-corrected chi connectivity index (χ0v) is 37.8. The molecule has 0 aliphatic carbocycles. The van der Waals surface area contributed by atoms with Crippen molar-refractivity contribution < 1.29 is 44.9 Å². The van der Waals surface area contributed by atoms with Gasteiger partial charge in [0.05, 0.1) is 22.2 Å². The zero-order valence-electron chi connectivity index (χ0n) is 36.0. The van der Waals surface area contributed by atoms with Crippen LogP contribution in [0.15, 0.2) is 88.2 Å². The Morgan fingerprint density at radius 1 is 0.633 bits per heavy atom. The molecule has 1 atom stereocenters. The van der Waals surface area contributed by atoms with E-state index in [0.29, 0.717) is 31.4 Å². The first-order valence-corrected chi connectivity index (χ1v) is 22.8. The van der Waals surface area contributed by atoms with E-state index in [0.717, 1.165) is 40.4 Å². The summed E-state index contributed by atoms with van der Waals surface area (Å²) in [6.07, 6.45) is 5.49. The van der Waals surface area contributed by atoms with Crippen LogP contribution in [0.25, 0.3) is 21.8 Å². The highest BCUT2D eigenvalue weighted by atomic mass is 31.2. The van der Waals surface area contributed by atoms with Gasteiger partial charge in [-0.1, -0.05) is 36.4 Å². The molecular formula is C42H56N4O12P2. The lowest BCUT2D eigenvalue weighted by Gasteiger charge is -2.35. The van der Waals surface area contributed by atoms with Crippen LogP contribution in [-0.2, 0) is 53.3 Å². The molecule has 0 N–H and O–H groups in total. The first-order chi connectivity index (χ1) is 28.2. The smallest absolute Gasteiger partial charge is 0.396 e. The van der Waals surface area contributed by atoms with E-state index >= 15 is 4.57 Å². The Labute approximate surface area is 349 Å². The summed E-state index contributed by atoms with van der Waals surface area (Å²) in [4.78, 5) is 27.7. The van der Waals surface area contributed by atoms with Gasteiger partial charge in [-0.25, -0.2) is 18.7 Å². The van der Waals surface area contributed by atoms with Crippen LogP contribution in [0.4, 0.5) is 0 Å². The highest BCUT2D eigenvalue weighted by molar-refractivity contribution is 7.52. The van der Waals surface area contributed by atoms with Crippen LogP contribution in [0, 0.1) is 13.8 Å². The van der Waals surface area contributed by atoms with E-state index in [9.17, 15) is 14.2 Å². The second kappa shape index (κ2) is 18.0. The summed E-state index contributed by atoms with van der Waals surface area (Å²) in [5.74, 6) is -1.40. The number of nitrogens with zero attached hydrogens (tertiary/aromatic N) is 4. The lowest BCUT2D eigenvalue weighted by atomic mass is 10.1. The molecule has 18 heteroatoms. The number of para-hydroxylation sites is 2. The third-order valence-electron chi connectivity index (χ3n) is 9.91. The van der Waals surface area contributed by atoms with Crippen LogP contribution in [0.2, 0.25) is 0 Å². The quantitative estimate of drug-likeness (QED) is 0.0665. The molecule has 0 bridgehead atoms. The molecule has 60 heavy (non-hydrogen) atoms. The molecule has 0 aliphatic heterocycles. The lowest BCUT2D eigenvalue weighted by Crippen LogP contribution is -2.33. The maximum Gasteiger partial charge on any atom is 0.519 e. The number of likely N-dealkylation sites (N-methyl/N-ethyl adjacent to an activating group) is 2. The van der Waals surface area contributed by atoms with Gasteiger partial charge in [-0.05, 0) is 112 Å². The van der Waals surface area contributed by atoms with Crippen LogP contribution in [0.3, 0.4) is 0 Å². The Bertz CT molecular complexity index is 2570. The van der Waals surface area contributed by atoms with Crippen LogP contribution in [0.1, 0.15) is 75.2 Å². The number of hydrogen-bond donors (Lipinski definition) is 0. The number of benzene rings is 2. The van der Waals surface area contributed by atoms with Crippen molar-refractivity contribution in [2.45, 2.75) is 92.1 Å². The van der Waals surface area contributed by atoms with Crippen molar-refractivity contribution >= 4 is 37.3 Å². The molecule has 1 unspecified atom stereocenters. The highest BCUT2D eigenvalue weighted by Crippen LogP contribution is 2.58. The van der Waals surface area contributed by atoms with Gasteiger partial charge in [0.25, 0.3) is 0 Å². The van der Waals surface area contributed by atoms with Crippen molar-refractivity contribution in [1.29, 1.82) is 0 Å². The fourth-order valence-electron chi connectivity index (χ4n) is 6.76. The summed E-state index contributed by atoms with van der Waals surface area (Å²) in [7, 11) is -2.15. The number of rotatable bonds is 20. The van der Waals surface area contributed by atoms with E-state index in [-0.39, 0.29) is 23.0 Å². The van der Waals surface area contributed by atoms with E-state index in [1.165, 1.54) is 18.2 Å². The van der Waals surface area contributed by atoms with Crippen LogP contribution >= 0.6 is 15.5 Å². The Balaban J connectivity index is 1.20. The molecule has 6 rings (SSSR count). The molecule has 0 amide bonds. The molecular weight excluding hydrogens is 814 g/mol. The van der Waals surface area contributed by atoms with Crippen LogP contribution in [0.5, 0.6) is 0 Å². The minimum atomic E-state index is -4.28. The van der Waals surface area contributed by atoms with Crippen molar-refractivity contribution in [2.24, 2.45) is 0 Å². The molecule has 326 valence electrons. The third kappa shape index (κ3) is 10.8. The zero-order chi connectivity index (χ0) is 43.6. The number of hydrogen-bond acceptors (Lipinski definition) is 14. The van der Waals surface area contributed by atoms with Gasteiger partial charge < -0.3 is 27.5 Å². The monoisotopic (exact) mass is 870 g/mol. The Morgan fingerprint density at radius 3 is 1.55 bits per heavy atom. The maximum absolute atomic E-state index is 15.1. The van der Waals surface area contributed by atoms with Crippen LogP contribution < -0.4 is 11.6 Å². The second-order valence-electron chi connectivity index (χ2n) is 16.8. The van der Waals surface area contributed by atoms with Gasteiger partial charge in [-0.15, -0.1) is 0 Å². The molecule has 0 fully saturated rings. The molecule has 0 saturated carbocycles. The highest BCUT2D eigenvalue weighted by Gasteiger charge is 2.40. The topological polar surface area (TPSA) is 174 Å². The van der Waals surface area contributed by atoms with Crippen molar-refractivity contribution in [1.82, 2.24) is 18.5 Å². The first kappa shape index (κ1) is 45.3. The van der Waals surface area contributed by atoms with Crippen molar-refractivity contribution in [3.63, 3.8) is 0 Å². The predicted octanol–water partition coefficient (Wildman–Crippen LogP) is 8.93. The average Bonchev–Trinajstić information content (AvgIpc) is 3.91. The molecule has 0 aliphatic rings. The van der Waals surface area contributed by atoms with E-state index < -0.39 is 51.6 Å². The predicted molar refractivity (Wildman–Crippen MR) is 228 cm³/mol. The van der Waals surface area contributed by atoms with Gasteiger partial charge in [0.15, 0.2) is 11.5 Å². The Kier molecular flexibility index (Phi) is 13.6. The molecule has 16 nitrogen and oxygen atoms in total. The minimum absolute atomic E-state index is 0.0489. The molecule has 2 aromatic carbocycles. The van der Waals surface area contributed by atoms with Gasteiger partial charge in [0.2, 0.25) is 0 Å². The Hall–Kier alpha value is -4.24. The molecule has 4 aromatic heterocycles. The van der Waals surface area contributed by atoms with Gasteiger partial charge in [-0.2, -0.15) is 0 Å². The van der Waals surface area contributed by atoms with Crippen molar-refractivity contribution in [3.8, 4) is 0 Å². The second-order valence-corrected chi connectivity index (χ2v) is 20.4. The van der Waals surface area contributed by atoms with Crippen LogP contribution in [-0.4, -0.2) is 70.5 Å². The number of aromatic nitrogens is 2. The number of aryl methyl sites for hydroxylation is 2. The average molecular weight is 871 g/mol. The fourth-order valence-corrected chi connectivity index (χ4v) is 10.7. The summed E-state index contributed by atoms with van der Waals surface area (Å²) in [5, 5.41) is 1.83. The van der Waals surface area contributed by atoms with E-state index in [1.807, 2.05) is 104 Å². The summed E-state index contributed by atoms with van der Waals surface area (Å²) < 4.78 is 77.9. The van der Waals surface area contributed by atoms with E-state index in [4.69, 9.17) is 35.8 Å². The van der Waals surface area contributed by atoms with Gasteiger partial charge in [-0.3, -0.25) is 26.8 Å². The van der Waals surface area contributed by atoms with Gasteiger partial charge >= 0.3 is 27.1 Å². The van der Waals surface area contributed by atoms with Gasteiger partial charge in [0, 0.05) is 42.8 Å². The Morgan fingerprint density at radius 2 is 1.10 bits per heavy atom. The molecule has 4 heterocycles. The third-order valence-corrected chi connectivity index (χ3v) is 14.0.